The Morgan fingerprint density at radius 3 is 2.40 bits per heavy atom. The summed E-state index contributed by atoms with van der Waals surface area (Å²) in [6.45, 7) is 3.76. The Morgan fingerprint density at radius 2 is 1.90 bits per heavy atom. The van der Waals surface area contributed by atoms with E-state index in [1.165, 1.54) is 12.1 Å². The van der Waals surface area contributed by atoms with Gasteiger partial charge in [0, 0.05) is 38.4 Å². The molecule has 0 amide bonds. The first-order valence-electron chi connectivity index (χ1n) is 6.73. The molecular formula is C14H20FN3O2. The van der Waals surface area contributed by atoms with Gasteiger partial charge >= 0.3 is 5.97 Å². The molecule has 20 heavy (non-hydrogen) atoms. The van der Waals surface area contributed by atoms with Crippen molar-refractivity contribution in [3.8, 4) is 0 Å². The number of piperazine rings is 1. The Morgan fingerprint density at radius 1 is 1.30 bits per heavy atom. The standard InChI is InChI=1S/C14H20FN3O2/c1-16-13(14(19)20)10-17-6-8-18(9-7-17)12-4-2-11(15)3-5-12/h2-5,13,16H,6-10H2,1H3,(H,19,20). The second-order valence-electron chi connectivity index (χ2n) is 4.94. The first-order valence-corrected chi connectivity index (χ1v) is 6.73. The van der Waals surface area contributed by atoms with Gasteiger partial charge < -0.3 is 15.3 Å². The lowest BCUT2D eigenvalue weighted by atomic mass is 10.2. The fraction of sp³-hybridized carbons (Fsp3) is 0.500. The Labute approximate surface area is 118 Å². The fourth-order valence-corrected chi connectivity index (χ4v) is 2.39. The third-order valence-electron chi connectivity index (χ3n) is 3.65. The van der Waals surface area contributed by atoms with Crippen LogP contribution in [-0.2, 0) is 4.79 Å². The van der Waals surface area contributed by atoms with Crippen molar-refractivity contribution in [1.29, 1.82) is 0 Å². The molecular weight excluding hydrogens is 261 g/mol. The minimum atomic E-state index is -0.825. The zero-order chi connectivity index (χ0) is 14.5. The van der Waals surface area contributed by atoms with E-state index in [0.29, 0.717) is 6.54 Å². The van der Waals surface area contributed by atoms with Gasteiger partial charge in [0.25, 0.3) is 0 Å². The Hall–Kier alpha value is -1.66. The molecule has 0 aromatic heterocycles. The average molecular weight is 281 g/mol. The van der Waals surface area contributed by atoms with Crippen LogP contribution in [0.15, 0.2) is 24.3 Å². The van der Waals surface area contributed by atoms with Crippen LogP contribution in [0, 0.1) is 5.82 Å². The van der Waals surface area contributed by atoms with Crippen LogP contribution in [0.3, 0.4) is 0 Å². The van der Waals surface area contributed by atoms with Crippen LogP contribution in [0.2, 0.25) is 0 Å². The minimum absolute atomic E-state index is 0.231. The van der Waals surface area contributed by atoms with E-state index in [1.807, 2.05) is 0 Å². The molecule has 1 atom stereocenters. The van der Waals surface area contributed by atoms with Crippen molar-refractivity contribution in [3.05, 3.63) is 30.1 Å². The summed E-state index contributed by atoms with van der Waals surface area (Å²) in [7, 11) is 1.66. The number of likely N-dealkylation sites (N-methyl/N-ethyl adjacent to an activating group) is 1. The van der Waals surface area contributed by atoms with Gasteiger partial charge in [-0.15, -0.1) is 0 Å². The second-order valence-corrected chi connectivity index (χ2v) is 4.94. The van der Waals surface area contributed by atoms with Crippen LogP contribution < -0.4 is 10.2 Å². The van der Waals surface area contributed by atoms with Crippen LogP contribution in [0.1, 0.15) is 0 Å². The molecule has 1 fully saturated rings. The molecule has 1 aliphatic heterocycles. The summed E-state index contributed by atoms with van der Waals surface area (Å²) in [5.74, 6) is -1.06. The predicted octanol–water partition coefficient (Wildman–Crippen LogP) is 0.620. The topological polar surface area (TPSA) is 55.8 Å². The number of aliphatic carboxylic acids is 1. The molecule has 0 saturated carbocycles. The molecule has 110 valence electrons. The van der Waals surface area contributed by atoms with E-state index >= 15 is 0 Å². The van der Waals surface area contributed by atoms with E-state index in [-0.39, 0.29) is 5.82 Å². The van der Waals surface area contributed by atoms with Crippen molar-refractivity contribution in [1.82, 2.24) is 10.2 Å². The van der Waals surface area contributed by atoms with Crippen LogP contribution in [-0.4, -0.2) is 61.8 Å². The number of benzene rings is 1. The highest BCUT2D eigenvalue weighted by Gasteiger charge is 2.23. The molecule has 1 aromatic carbocycles. The van der Waals surface area contributed by atoms with E-state index in [0.717, 1.165) is 31.9 Å². The lowest BCUT2D eigenvalue weighted by Gasteiger charge is -2.37. The van der Waals surface area contributed by atoms with Crippen LogP contribution in [0.25, 0.3) is 0 Å². The van der Waals surface area contributed by atoms with Gasteiger partial charge in [0.1, 0.15) is 11.9 Å². The largest absolute Gasteiger partial charge is 0.480 e. The molecule has 2 N–H and O–H groups in total. The molecule has 1 unspecified atom stereocenters. The molecule has 0 aliphatic carbocycles. The van der Waals surface area contributed by atoms with Crippen LogP contribution in [0.4, 0.5) is 10.1 Å². The molecule has 1 saturated heterocycles. The van der Waals surface area contributed by atoms with E-state index in [4.69, 9.17) is 5.11 Å². The normalized spacial score (nSPS) is 18.0. The number of nitrogens with zero attached hydrogens (tertiary/aromatic N) is 2. The zero-order valence-electron chi connectivity index (χ0n) is 11.6. The molecule has 2 rings (SSSR count). The Kier molecular flexibility index (Phi) is 4.92. The maximum Gasteiger partial charge on any atom is 0.322 e. The quantitative estimate of drug-likeness (QED) is 0.828. The SMILES string of the molecule is CNC(CN1CCN(c2ccc(F)cc2)CC1)C(=O)O. The highest BCUT2D eigenvalue weighted by molar-refractivity contribution is 5.73. The van der Waals surface area contributed by atoms with Gasteiger partial charge in [0.15, 0.2) is 0 Å². The minimum Gasteiger partial charge on any atom is -0.480 e. The molecule has 1 aliphatic rings. The summed E-state index contributed by atoms with van der Waals surface area (Å²) in [4.78, 5) is 15.3. The molecule has 1 heterocycles. The van der Waals surface area contributed by atoms with Crippen molar-refractivity contribution in [2.45, 2.75) is 6.04 Å². The summed E-state index contributed by atoms with van der Waals surface area (Å²) < 4.78 is 12.9. The van der Waals surface area contributed by atoms with Crippen LogP contribution in [0.5, 0.6) is 0 Å². The highest BCUT2D eigenvalue weighted by Crippen LogP contribution is 2.16. The average Bonchev–Trinajstić information content (AvgIpc) is 2.46. The third kappa shape index (κ3) is 3.68. The lowest BCUT2D eigenvalue weighted by molar-refractivity contribution is -0.139. The number of anilines is 1. The number of carbonyl (C=O) groups is 1. The number of hydrogen-bond donors (Lipinski definition) is 2. The lowest BCUT2D eigenvalue weighted by Crippen LogP contribution is -2.52. The van der Waals surface area contributed by atoms with Gasteiger partial charge in [-0.25, -0.2) is 4.39 Å². The number of nitrogens with one attached hydrogen (secondary N) is 1. The summed E-state index contributed by atoms with van der Waals surface area (Å²) in [5.41, 5.74) is 1.01. The van der Waals surface area contributed by atoms with Crippen molar-refractivity contribution in [3.63, 3.8) is 0 Å². The highest BCUT2D eigenvalue weighted by atomic mass is 19.1. The van der Waals surface area contributed by atoms with Gasteiger partial charge in [-0.05, 0) is 31.3 Å². The number of hydrogen-bond acceptors (Lipinski definition) is 4. The maximum atomic E-state index is 12.9. The van der Waals surface area contributed by atoms with Gasteiger partial charge in [-0.1, -0.05) is 0 Å². The Bertz CT molecular complexity index is 444. The van der Waals surface area contributed by atoms with Crippen molar-refractivity contribution < 1.29 is 14.3 Å². The monoisotopic (exact) mass is 281 g/mol. The van der Waals surface area contributed by atoms with Gasteiger partial charge in [0.2, 0.25) is 0 Å². The van der Waals surface area contributed by atoms with Crippen molar-refractivity contribution >= 4 is 11.7 Å². The summed E-state index contributed by atoms with van der Waals surface area (Å²) in [6, 6.07) is 5.94. The first-order chi connectivity index (χ1) is 9.60. The van der Waals surface area contributed by atoms with Crippen molar-refractivity contribution in [2.24, 2.45) is 0 Å². The third-order valence-corrected chi connectivity index (χ3v) is 3.65. The molecule has 6 heteroatoms. The van der Waals surface area contributed by atoms with Gasteiger partial charge in [-0.2, -0.15) is 0 Å². The smallest absolute Gasteiger partial charge is 0.322 e. The second kappa shape index (κ2) is 6.67. The molecule has 1 aromatic rings. The van der Waals surface area contributed by atoms with E-state index in [9.17, 15) is 9.18 Å². The van der Waals surface area contributed by atoms with E-state index in [1.54, 1.807) is 19.2 Å². The van der Waals surface area contributed by atoms with E-state index in [2.05, 4.69) is 15.1 Å². The first kappa shape index (κ1) is 14.7. The number of carboxylic acids is 1. The summed E-state index contributed by atoms with van der Waals surface area (Å²) in [6.07, 6.45) is 0. The number of rotatable bonds is 5. The Balaban J connectivity index is 1.86. The molecule has 0 bridgehead atoms. The molecule has 5 nitrogen and oxygen atoms in total. The summed E-state index contributed by atoms with van der Waals surface area (Å²) in [5, 5.41) is 11.8. The molecule has 0 spiro atoms. The summed E-state index contributed by atoms with van der Waals surface area (Å²) >= 11 is 0. The number of carboxylic acid groups (broad SMARTS) is 1. The van der Waals surface area contributed by atoms with Crippen LogP contribution >= 0.6 is 0 Å². The fourth-order valence-electron chi connectivity index (χ4n) is 2.39. The number of halogens is 1. The zero-order valence-corrected chi connectivity index (χ0v) is 11.6. The van der Waals surface area contributed by atoms with Crippen molar-refractivity contribution in [2.75, 3.05) is 44.7 Å². The molecule has 0 radical (unpaired) electrons. The predicted molar refractivity (Wildman–Crippen MR) is 75.5 cm³/mol. The van der Waals surface area contributed by atoms with Gasteiger partial charge in [0.05, 0.1) is 0 Å². The maximum absolute atomic E-state index is 12.9. The van der Waals surface area contributed by atoms with E-state index < -0.39 is 12.0 Å². The van der Waals surface area contributed by atoms with Gasteiger partial charge in [-0.3, -0.25) is 9.69 Å².